The van der Waals surface area contributed by atoms with Gasteiger partial charge in [-0.05, 0) is 288 Å². The van der Waals surface area contributed by atoms with Gasteiger partial charge in [0.15, 0.2) is 0 Å². The number of amides is 1. The highest BCUT2D eigenvalue weighted by Crippen LogP contribution is 2.44. The Kier molecular flexibility index (Phi) is 34.2. The fourth-order valence-electron chi connectivity index (χ4n) is 17.1. The van der Waals surface area contributed by atoms with Crippen LogP contribution in [-0.4, -0.2) is 215 Å². The second-order valence-corrected chi connectivity index (χ2v) is 43.1. The number of allylic oxidation sites excluding steroid dienone is 1. The monoisotopic (exact) mass is 2020 g/mol. The summed E-state index contributed by atoms with van der Waals surface area (Å²) in [5, 5.41) is 72.0. The summed E-state index contributed by atoms with van der Waals surface area (Å²) in [5.74, 6) is 6.06. The minimum atomic E-state index is -0.753. The molecule has 2 fully saturated rings. The van der Waals surface area contributed by atoms with Gasteiger partial charge in [0, 0.05) is 73.5 Å². The Labute approximate surface area is 865 Å². The first-order valence-corrected chi connectivity index (χ1v) is 50.8. The number of fused-ring (bicyclic) bond motifs is 5. The molecule has 786 valence electrons. The summed E-state index contributed by atoms with van der Waals surface area (Å²) in [6.07, 6.45) is 6.23. The van der Waals surface area contributed by atoms with E-state index in [2.05, 4.69) is 263 Å². The largest absolute Gasteiger partial charge is 0.494 e. The van der Waals surface area contributed by atoms with Crippen LogP contribution in [0.2, 0.25) is 0 Å². The number of rotatable bonds is 29. The number of aryl methyl sites for hydroxylation is 5. The van der Waals surface area contributed by atoms with Crippen molar-refractivity contribution in [3.8, 4) is 86.7 Å². The minimum absolute atomic E-state index is 0.0766. The lowest BCUT2D eigenvalue weighted by atomic mass is 9.84. The van der Waals surface area contributed by atoms with Crippen molar-refractivity contribution in [3.05, 3.63) is 158 Å². The molecule has 10 aromatic heterocycles. The average molecular weight is 2020 g/mol. The molecule has 0 bridgehead atoms. The predicted molar refractivity (Wildman–Crippen MR) is 580 cm³/mol. The van der Waals surface area contributed by atoms with Gasteiger partial charge in [-0.3, -0.25) is 9.79 Å². The van der Waals surface area contributed by atoms with E-state index in [-0.39, 0.29) is 57.6 Å². The van der Waals surface area contributed by atoms with Gasteiger partial charge in [0.2, 0.25) is 5.91 Å². The molecule has 15 aromatic rings. The summed E-state index contributed by atoms with van der Waals surface area (Å²) in [7, 11) is 3.38. The van der Waals surface area contributed by atoms with Crippen molar-refractivity contribution >= 4 is 96.7 Å². The molecule has 0 spiro atoms. The van der Waals surface area contributed by atoms with Crippen molar-refractivity contribution in [3.63, 3.8) is 0 Å². The fourth-order valence-corrected chi connectivity index (χ4v) is 17.1. The fraction of sp³-hybridized carbons (Fsp3) is 0.473. The molecule has 18 rings (SSSR count). The van der Waals surface area contributed by atoms with Crippen molar-refractivity contribution in [2.24, 2.45) is 4.99 Å². The summed E-state index contributed by atoms with van der Waals surface area (Å²) in [6, 6.07) is 32.5. The van der Waals surface area contributed by atoms with Gasteiger partial charge in [-0.1, -0.05) is 129 Å². The van der Waals surface area contributed by atoms with Crippen LogP contribution in [0, 0.1) is 34.6 Å². The van der Waals surface area contributed by atoms with E-state index in [1.54, 1.807) is 27.9 Å². The SMILES string of the molecule is CCOc1cc(C(C)(C)C)c2nc(-c3nnc(NCC(=O)N(C)C)o3)cc(C)c2c1.CCOc1cc(C(C)(C)C)c2nc(-c3nnc(NCC4=CC=NC4)o3)cc(C)c2c1.CCOc1cc(C(C)(C)C)c2nc(-c3nnc(NCCC(C)(C)O)o3)cc(C)c2c1.CCOc1cc(C(C)(C)C)c2nc(-c3nnc(N[C@@H]4CCOC4)o3)cc(C)c2c1.CCOc1cc(C(C)(C)C)c2nc(-c3nnc(N[C@H]4CCOC4)o3)cc(C)c2c1. The maximum Gasteiger partial charge on any atom is 0.316 e. The Morgan fingerprint density at radius 3 is 0.885 bits per heavy atom. The van der Waals surface area contributed by atoms with Gasteiger partial charge in [0.1, 0.15) is 57.2 Å². The molecular formula is C112H144N22O14. The summed E-state index contributed by atoms with van der Waals surface area (Å²) in [4.78, 5) is 41.9. The standard InChI is InChI=1S/C23H27N5O2.C23H32N4O3.C22H29N5O3.2C22H28N4O3/c1-6-29-16-10-17-14(2)9-19(26-20(17)18(11-16)23(3,4)5)21-27-28-22(30-21)25-13-15-7-8-24-12-15;1-8-29-15-12-16-14(2)11-18(25-19(16)17(13-15)22(3,4)5)20-26-27-21(30-20)24-10-9-23(6,7)28;1-8-29-14-10-15-13(2)9-17(24-19(15)16(11-14)22(3,4)5)20-25-26-21(30-20)23-12-18(28)27(6)7;2*1-6-28-15-10-16-13(2)9-18(24-19(16)17(11-15)22(3,4)5)20-25-26-21(29-20)23-14-7-8-27-12-14/h7-11H,6,12-13H2,1-5H3,(H,25,28);11-13,28H,8-10H2,1-7H3,(H,24,27);9-11H,8,12H2,1-7H3,(H,23,26);2*9-11,14H,6-8,12H2,1-5H3,(H,23,26)/t;;;2*14-/m...10/s1. The molecule has 0 radical (unpaired) electrons. The summed E-state index contributed by atoms with van der Waals surface area (Å²) in [6.45, 7) is 64.2. The molecule has 5 aromatic carbocycles. The van der Waals surface area contributed by atoms with E-state index < -0.39 is 5.60 Å². The van der Waals surface area contributed by atoms with Crippen LogP contribution in [0.3, 0.4) is 0 Å². The number of anilines is 5. The van der Waals surface area contributed by atoms with E-state index in [9.17, 15) is 9.90 Å². The van der Waals surface area contributed by atoms with Crippen molar-refractivity contribution in [2.45, 2.75) is 251 Å². The number of aliphatic imine (C=N–C) groups is 1. The molecule has 3 aliphatic heterocycles. The molecule has 148 heavy (non-hydrogen) atoms. The number of benzene rings is 5. The van der Waals surface area contributed by atoms with Crippen LogP contribution in [0.25, 0.3) is 112 Å². The number of pyridine rings is 5. The molecule has 2 atom stereocenters. The van der Waals surface area contributed by atoms with Crippen LogP contribution in [0.5, 0.6) is 28.7 Å². The molecule has 0 unspecified atom stereocenters. The van der Waals surface area contributed by atoms with Crippen LogP contribution >= 0.6 is 0 Å². The number of hydrogen-bond acceptors (Lipinski definition) is 35. The Balaban J connectivity index is 0.000000146. The summed E-state index contributed by atoms with van der Waals surface area (Å²) in [5.41, 5.74) is 18.7. The number of hydrogen-bond donors (Lipinski definition) is 6. The maximum atomic E-state index is 11.7. The van der Waals surface area contributed by atoms with Gasteiger partial charge < -0.3 is 91.8 Å². The van der Waals surface area contributed by atoms with Crippen LogP contribution in [-0.2, 0) is 41.3 Å². The Hall–Kier alpha value is -14.4. The number of ether oxygens (including phenoxy) is 7. The molecule has 0 aliphatic carbocycles. The highest BCUT2D eigenvalue weighted by atomic mass is 16.5. The Bertz CT molecular complexity index is 7080. The number of aromatic nitrogens is 15. The molecule has 36 nitrogen and oxygen atoms in total. The van der Waals surface area contributed by atoms with Gasteiger partial charge in [-0.15, -0.1) is 25.5 Å². The molecule has 13 heterocycles. The number of nitrogens with one attached hydrogen (secondary N) is 5. The zero-order valence-corrected chi connectivity index (χ0v) is 91.1. The van der Waals surface area contributed by atoms with Crippen LogP contribution < -0.4 is 50.3 Å². The minimum Gasteiger partial charge on any atom is -0.494 e. The topological polar surface area (TPSA) is 437 Å². The van der Waals surface area contributed by atoms with E-state index in [0.717, 1.165) is 165 Å². The smallest absolute Gasteiger partial charge is 0.316 e. The number of carbonyl (C=O) groups excluding carboxylic acids is 1. The molecule has 6 N–H and O–H groups in total. The number of carbonyl (C=O) groups is 1. The van der Waals surface area contributed by atoms with Crippen molar-refractivity contribution in [2.75, 3.05) is 126 Å². The van der Waals surface area contributed by atoms with E-state index in [4.69, 9.17) is 80.2 Å². The average Bonchev–Trinajstić information content (AvgIpc) is 1.05. The van der Waals surface area contributed by atoms with E-state index in [0.29, 0.717) is 154 Å². The zero-order chi connectivity index (χ0) is 107. The lowest BCUT2D eigenvalue weighted by Gasteiger charge is -2.22. The maximum absolute atomic E-state index is 11.7. The number of aliphatic hydroxyl groups is 1. The molecule has 1 amide bonds. The lowest BCUT2D eigenvalue weighted by Crippen LogP contribution is -2.28. The second kappa shape index (κ2) is 46.4. The lowest BCUT2D eigenvalue weighted by molar-refractivity contribution is -0.126. The zero-order valence-electron chi connectivity index (χ0n) is 91.1. The van der Waals surface area contributed by atoms with Crippen LogP contribution in [0.4, 0.5) is 30.1 Å². The van der Waals surface area contributed by atoms with Gasteiger partial charge in [0.05, 0.1) is 105 Å². The predicted octanol–water partition coefficient (Wildman–Crippen LogP) is 22.3. The highest BCUT2D eigenvalue weighted by molar-refractivity contribution is 5.94. The Morgan fingerprint density at radius 1 is 0.372 bits per heavy atom. The molecule has 3 aliphatic rings. The summed E-state index contributed by atoms with van der Waals surface area (Å²) < 4.78 is 68.7. The normalized spacial score (nSPS) is 14.3. The second-order valence-electron chi connectivity index (χ2n) is 43.1. The van der Waals surface area contributed by atoms with Crippen molar-refractivity contribution in [1.29, 1.82) is 0 Å². The van der Waals surface area contributed by atoms with Crippen molar-refractivity contribution < 1.29 is 65.1 Å². The Morgan fingerprint density at radius 2 is 0.642 bits per heavy atom. The van der Waals surface area contributed by atoms with E-state index in [1.807, 2.05) is 96.3 Å². The van der Waals surface area contributed by atoms with E-state index in [1.165, 1.54) is 10.5 Å². The number of nitrogens with zero attached hydrogens (tertiary/aromatic N) is 17. The third-order valence-electron chi connectivity index (χ3n) is 24.9. The summed E-state index contributed by atoms with van der Waals surface area (Å²) >= 11 is 0. The van der Waals surface area contributed by atoms with Crippen LogP contribution in [0.1, 0.15) is 227 Å². The van der Waals surface area contributed by atoms with Gasteiger partial charge in [-0.25, -0.2) is 24.9 Å². The first-order valence-electron chi connectivity index (χ1n) is 50.8. The molecule has 0 saturated carbocycles. The third kappa shape index (κ3) is 27.5. The number of likely N-dealkylation sites (N-methyl/N-ethyl adjacent to an activating group) is 1. The highest BCUT2D eigenvalue weighted by Gasteiger charge is 2.32. The first kappa shape index (κ1) is 109. The molecular weight excluding hydrogens is 1880 g/mol. The van der Waals surface area contributed by atoms with E-state index >= 15 is 0 Å². The van der Waals surface area contributed by atoms with Gasteiger partial charge in [-0.2, -0.15) is 0 Å². The third-order valence-corrected chi connectivity index (χ3v) is 24.9. The van der Waals surface area contributed by atoms with Gasteiger partial charge in [0.25, 0.3) is 29.5 Å². The first-order chi connectivity index (χ1) is 70.1. The van der Waals surface area contributed by atoms with Gasteiger partial charge >= 0.3 is 30.1 Å². The molecule has 36 heteroatoms. The molecule has 2 saturated heterocycles. The van der Waals surface area contributed by atoms with Crippen LogP contribution in [0.15, 0.2) is 130 Å². The van der Waals surface area contributed by atoms with Crippen molar-refractivity contribution in [1.82, 2.24) is 80.8 Å². The quantitative estimate of drug-likeness (QED) is 0.0253.